The second kappa shape index (κ2) is 4.31. The lowest BCUT2D eigenvalue weighted by Gasteiger charge is -2.35. The summed E-state index contributed by atoms with van der Waals surface area (Å²) in [5.74, 6) is 0.476. The summed E-state index contributed by atoms with van der Waals surface area (Å²) in [4.78, 5) is 0. The Labute approximate surface area is 113 Å². The van der Waals surface area contributed by atoms with E-state index in [0.717, 1.165) is 18.5 Å². The molecule has 19 heavy (non-hydrogen) atoms. The lowest BCUT2D eigenvalue weighted by atomic mass is 9.75. The summed E-state index contributed by atoms with van der Waals surface area (Å²) in [5.41, 5.74) is 6.50. The first-order valence-electron chi connectivity index (χ1n) is 7.22. The van der Waals surface area contributed by atoms with Gasteiger partial charge in [0.25, 0.3) is 0 Å². The smallest absolute Gasteiger partial charge is 0.150 e. The fraction of sp³-hybridized carbons (Fsp3) is 0.786. The molecular formula is C14H21N5. The zero-order valence-corrected chi connectivity index (χ0v) is 11.5. The van der Waals surface area contributed by atoms with Crippen LogP contribution in [0.25, 0.3) is 0 Å². The quantitative estimate of drug-likeness (QED) is 0.900. The molecule has 2 aliphatic carbocycles. The van der Waals surface area contributed by atoms with E-state index < -0.39 is 11.1 Å². The van der Waals surface area contributed by atoms with E-state index in [1.807, 2.05) is 6.20 Å². The van der Waals surface area contributed by atoms with Crippen LogP contribution < -0.4 is 5.73 Å². The third kappa shape index (κ3) is 2.04. The molecule has 0 saturated heterocycles. The molecule has 2 fully saturated rings. The third-order valence-corrected chi connectivity index (χ3v) is 4.87. The zero-order chi connectivity index (χ0) is 13.5. The van der Waals surface area contributed by atoms with Crippen molar-refractivity contribution in [2.24, 2.45) is 11.7 Å². The SMILES string of the molecule is C[C@@](N)(c1cn(C2(C#N)CC2)nn1)C1CCCCC1. The van der Waals surface area contributed by atoms with Crippen LogP contribution in [0.4, 0.5) is 0 Å². The summed E-state index contributed by atoms with van der Waals surface area (Å²) >= 11 is 0. The van der Waals surface area contributed by atoms with E-state index in [4.69, 9.17) is 5.73 Å². The molecule has 1 atom stereocenters. The average molecular weight is 259 g/mol. The largest absolute Gasteiger partial charge is 0.320 e. The number of nitrogens with two attached hydrogens (primary N) is 1. The van der Waals surface area contributed by atoms with Crippen LogP contribution in [0.3, 0.4) is 0 Å². The van der Waals surface area contributed by atoms with Gasteiger partial charge < -0.3 is 5.73 Å². The second-order valence-corrected chi connectivity index (χ2v) is 6.31. The highest BCUT2D eigenvalue weighted by Gasteiger charge is 2.47. The molecule has 0 aromatic carbocycles. The van der Waals surface area contributed by atoms with Crippen LogP contribution in [0.1, 0.15) is 57.6 Å². The summed E-state index contributed by atoms with van der Waals surface area (Å²) in [5, 5.41) is 17.6. The third-order valence-electron chi connectivity index (χ3n) is 4.87. The first kappa shape index (κ1) is 12.6. The number of hydrogen-bond acceptors (Lipinski definition) is 4. The standard InChI is InChI=1S/C14H21N5/c1-13(16,11-5-3-2-4-6-11)12-9-19(18-17-12)14(10-15)7-8-14/h9,11H,2-8,16H2,1H3/t13-/m0/s1. The molecule has 1 aromatic heterocycles. The van der Waals surface area contributed by atoms with E-state index in [1.165, 1.54) is 32.1 Å². The minimum absolute atomic E-state index is 0.426. The van der Waals surface area contributed by atoms with Crippen molar-refractivity contribution in [3.05, 3.63) is 11.9 Å². The molecule has 3 rings (SSSR count). The summed E-state index contributed by atoms with van der Waals surface area (Å²) in [6, 6.07) is 2.33. The van der Waals surface area contributed by atoms with Crippen molar-refractivity contribution in [3.8, 4) is 6.07 Å². The van der Waals surface area contributed by atoms with Gasteiger partial charge in [-0.2, -0.15) is 5.26 Å². The van der Waals surface area contributed by atoms with Gasteiger partial charge in [0.15, 0.2) is 5.54 Å². The first-order valence-corrected chi connectivity index (χ1v) is 7.22. The number of nitriles is 1. The molecular weight excluding hydrogens is 238 g/mol. The second-order valence-electron chi connectivity index (χ2n) is 6.31. The molecule has 1 aromatic rings. The van der Waals surface area contributed by atoms with Crippen LogP contribution in [0.2, 0.25) is 0 Å². The summed E-state index contributed by atoms with van der Waals surface area (Å²) in [7, 11) is 0. The van der Waals surface area contributed by atoms with Crippen LogP contribution in [-0.4, -0.2) is 15.0 Å². The molecule has 0 radical (unpaired) electrons. The summed E-state index contributed by atoms with van der Waals surface area (Å²) < 4.78 is 1.72. The topological polar surface area (TPSA) is 80.5 Å². The minimum Gasteiger partial charge on any atom is -0.320 e. The molecule has 2 N–H and O–H groups in total. The molecule has 5 heteroatoms. The summed E-state index contributed by atoms with van der Waals surface area (Å²) in [6.07, 6.45) is 9.81. The molecule has 0 spiro atoms. The van der Waals surface area contributed by atoms with Gasteiger partial charge in [0, 0.05) is 0 Å². The minimum atomic E-state index is -0.437. The number of hydrogen-bond donors (Lipinski definition) is 1. The van der Waals surface area contributed by atoms with Gasteiger partial charge in [-0.05, 0) is 38.5 Å². The normalized spacial score (nSPS) is 25.5. The molecule has 2 aliphatic rings. The van der Waals surface area contributed by atoms with Crippen LogP contribution >= 0.6 is 0 Å². The summed E-state index contributed by atoms with van der Waals surface area (Å²) in [6.45, 7) is 2.06. The van der Waals surface area contributed by atoms with E-state index in [9.17, 15) is 5.26 Å². The van der Waals surface area contributed by atoms with Crippen molar-refractivity contribution in [2.45, 2.75) is 62.9 Å². The van der Waals surface area contributed by atoms with Gasteiger partial charge in [-0.1, -0.05) is 24.5 Å². The van der Waals surface area contributed by atoms with Crippen molar-refractivity contribution in [1.82, 2.24) is 15.0 Å². The molecule has 5 nitrogen and oxygen atoms in total. The Balaban J connectivity index is 1.83. The maximum atomic E-state index is 9.20. The van der Waals surface area contributed by atoms with Crippen LogP contribution in [0.15, 0.2) is 6.20 Å². The monoisotopic (exact) mass is 259 g/mol. The Morgan fingerprint density at radius 2 is 2.11 bits per heavy atom. The van der Waals surface area contributed by atoms with Crippen molar-refractivity contribution < 1.29 is 0 Å². The van der Waals surface area contributed by atoms with Gasteiger partial charge in [0.05, 0.1) is 17.8 Å². The lowest BCUT2D eigenvalue weighted by molar-refractivity contribution is 0.219. The van der Waals surface area contributed by atoms with E-state index in [2.05, 4.69) is 23.3 Å². The van der Waals surface area contributed by atoms with Crippen molar-refractivity contribution in [2.75, 3.05) is 0 Å². The fourth-order valence-corrected chi connectivity index (χ4v) is 3.14. The molecule has 0 unspecified atom stereocenters. The lowest BCUT2D eigenvalue weighted by Crippen LogP contribution is -2.42. The Morgan fingerprint density at radius 3 is 2.68 bits per heavy atom. The van der Waals surface area contributed by atoms with E-state index in [1.54, 1.807) is 4.68 Å². The van der Waals surface area contributed by atoms with Crippen molar-refractivity contribution in [3.63, 3.8) is 0 Å². The molecule has 0 amide bonds. The van der Waals surface area contributed by atoms with Crippen LogP contribution in [0.5, 0.6) is 0 Å². The predicted octanol–water partition coefficient (Wildman–Crippen LogP) is 2.04. The molecule has 102 valence electrons. The maximum absolute atomic E-state index is 9.20. The Hall–Kier alpha value is -1.41. The maximum Gasteiger partial charge on any atom is 0.150 e. The number of nitrogens with zero attached hydrogens (tertiary/aromatic N) is 4. The molecule has 1 heterocycles. The van der Waals surface area contributed by atoms with Crippen molar-refractivity contribution >= 4 is 0 Å². The Morgan fingerprint density at radius 1 is 1.42 bits per heavy atom. The number of rotatable bonds is 3. The zero-order valence-electron chi connectivity index (χ0n) is 11.5. The van der Waals surface area contributed by atoms with Gasteiger partial charge in [0.1, 0.15) is 5.69 Å². The van der Waals surface area contributed by atoms with Crippen molar-refractivity contribution in [1.29, 1.82) is 5.26 Å². The first-order chi connectivity index (χ1) is 9.08. The van der Waals surface area contributed by atoms with Gasteiger partial charge in [-0.3, -0.25) is 0 Å². The van der Waals surface area contributed by atoms with Gasteiger partial charge in [0.2, 0.25) is 0 Å². The van der Waals surface area contributed by atoms with Gasteiger partial charge in [-0.15, -0.1) is 5.10 Å². The van der Waals surface area contributed by atoms with Gasteiger partial charge >= 0.3 is 0 Å². The Kier molecular flexibility index (Phi) is 2.86. The fourth-order valence-electron chi connectivity index (χ4n) is 3.14. The Bertz CT molecular complexity index is 500. The van der Waals surface area contributed by atoms with E-state index in [0.29, 0.717) is 5.92 Å². The molecule has 0 bridgehead atoms. The number of aromatic nitrogens is 3. The molecule has 0 aliphatic heterocycles. The average Bonchev–Trinajstić information content (AvgIpc) is 3.07. The van der Waals surface area contributed by atoms with Gasteiger partial charge in [-0.25, -0.2) is 4.68 Å². The highest BCUT2D eigenvalue weighted by atomic mass is 15.5. The van der Waals surface area contributed by atoms with E-state index in [-0.39, 0.29) is 0 Å². The molecule has 2 saturated carbocycles. The highest BCUT2D eigenvalue weighted by Crippen LogP contribution is 2.43. The van der Waals surface area contributed by atoms with Crippen LogP contribution in [-0.2, 0) is 11.1 Å². The van der Waals surface area contributed by atoms with Crippen LogP contribution in [0, 0.1) is 17.2 Å². The highest BCUT2D eigenvalue weighted by molar-refractivity contribution is 5.19. The van der Waals surface area contributed by atoms with E-state index >= 15 is 0 Å². The predicted molar refractivity (Wildman–Crippen MR) is 71.0 cm³/mol.